The first-order chi connectivity index (χ1) is 7.63. The predicted octanol–water partition coefficient (Wildman–Crippen LogP) is 1.93. The van der Waals surface area contributed by atoms with Gasteiger partial charge in [-0.1, -0.05) is 26.2 Å². The first kappa shape index (κ1) is 13.5. The van der Waals surface area contributed by atoms with Gasteiger partial charge in [0.2, 0.25) is 5.91 Å². The molecule has 3 heteroatoms. The molecule has 1 aliphatic rings. The third-order valence-corrected chi connectivity index (χ3v) is 3.72. The molecule has 1 saturated carbocycles. The second-order valence-corrected chi connectivity index (χ2v) is 5.23. The molecular formula is C13H26N2O. The van der Waals surface area contributed by atoms with Gasteiger partial charge in [0.05, 0.1) is 6.04 Å². The molecule has 0 saturated heterocycles. The van der Waals surface area contributed by atoms with Gasteiger partial charge in [0.15, 0.2) is 0 Å². The van der Waals surface area contributed by atoms with E-state index in [0.29, 0.717) is 0 Å². The maximum absolute atomic E-state index is 11.5. The largest absolute Gasteiger partial charge is 0.355 e. The van der Waals surface area contributed by atoms with Gasteiger partial charge >= 0.3 is 0 Å². The Labute approximate surface area is 99.4 Å². The third kappa shape index (κ3) is 4.52. The molecule has 0 aromatic heterocycles. The normalized spacial score (nSPS) is 27.4. The van der Waals surface area contributed by atoms with Gasteiger partial charge in [-0.25, -0.2) is 0 Å². The summed E-state index contributed by atoms with van der Waals surface area (Å²) in [6.45, 7) is 5.06. The van der Waals surface area contributed by atoms with Crippen LogP contribution in [0.25, 0.3) is 0 Å². The van der Waals surface area contributed by atoms with E-state index in [1.165, 1.54) is 25.7 Å². The smallest absolute Gasteiger partial charge is 0.236 e. The fourth-order valence-electron chi connectivity index (χ4n) is 2.51. The molecule has 16 heavy (non-hydrogen) atoms. The average Bonchev–Trinajstić information content (AvgIpc) is 2.28. The Morgan fingerprint density at radius 3 is 2.81 bits per heavy atom. The lowest BCUT2D eigenvalue weighted by molar-refractivity contribution is -0.122. The van der Waals surface area contributed by atoms with E-state index >= 15 is 0 Å². The number of carbonyl (C=O) groups is 1. The number of hydrogen-bond donors (Lipinski definition) is 2. The van der Waals surface area contributed by atoms with Gasteiger partial charge in [-0.05, 0) is 38.6 Å². The summed E-state index contributed by atoms with van der Waals surface area (Å²) in [6, 6.07) is -0.0784. The summed E-state index contributed by atoms with van der Waals surface area (Å²) in [4.78, 5) is 11.5. The minimum atomic E-state index is -0.0784. The molecule has 94 valence electrons. The minimum Gasteiger partial charge on any atom is -0.355 e. The van der Waals surface area contributed by atoms with E-state index in [0.717, 1.165) is 24.8 Å². The minimum absolute atomic E-state index is 0.0784. The lowest BCUT2D eigenvalue weighted by atomic mass is 9.81. The van der Waals surface area contributed by atoms with Crippen LogP contribution >= 0.6 is 0 Å². The van der Waals surface area contributed by atoms with Crippen molar-refractivity contribution in [2.75, 3.05) is 13.6 Å². The highest BCUT2D eigenvalue weighted by Crippen LogP contribution is 2.30. The second-order valence-electron chi connectivity index (χ2n) is 5.23. The number of hydrogen-bond acceptors (Lipinski definition) is 2. The quantitative estimate of drug-likeness (QED) is 0.752. The number of rotatable bonds is 5. The zero-order valence-electron chi connectivity index (χ0n) is 10.9. The van der Waals surface area contributed by atoms with Crippen molar-refractivity contribution in [1.82, 2.24) is 10.6 Å². The lowest BCUT2D eigenvalue weighted by Gasteiger charge is -2.26. The Morgan fingerprint density at radius 1 is 1.44 bits per heavy atom. The van der Waals surface area contributed by atoms with Gasteiger partial charge in [0.1, 0.15) is 0 Å². The molecule has 1 rings (SSSR count). The van der Waals surface area contributed by atoms with Gasteiger partial charge in [-0.3, -0.25) is 4.79 Å². The SMILES string of the molecule is CNC(C)C(=O)NCCC1CCCC(C)C1. The molecule has 0 heterocycles. The first-order valence-electron chi connectivity index (χ1n) is 6.58. The summed E-state index contributed by atoms with van der Waals surface area (Å²) < 4.78 is 0. The van der Waals surface area contributed by atoms with Crippen molar-refractivity contribution in [3.05, 3.63) is 0 Å². The number of likely N-dealkylation sites (N-methyl/N-ethyl adjacent to an activating group) is 1. The molecule has 3 atom stereocenters. The molecule has 0 aliphatic heterocycles. The van der Waals surface area contributed by atoms with Crippen LogP contribution < -0.4 is 10.6 Å². The Balaban J connectivity index is 2.12. The van der Waals surface area contributed by atoms with Crippen LogP contribution in [-0.4, -0.2) is 25.5 Å². The van der Waals surface area contributed by atoms with Crippen LogP contribution in [0, 0.1) is 11.8 Å². The molecule has 2 N–H and O–H groups in total. The van der Waals surface area contributed by atoms with Crippen LogP contribution in [0.1, 0.15) is 46.0 Å². The van der Waals surface area contributed by atoms with Crippen molar-refractivity contribution >= 4 is 5.91 Å². The van der Waals surface area contributed by atoms with Crippen molar-refractivity contribution in [3.63, 3.8) is 0 Å². The zero-order chi connectivity index (χ0) is 12.0. The maximum Gasteiger partial charge on any atom is 0.236 e. The second kappa shape index (κ2) is 6.89. The molecule has 1 amide bonds. The van der Waals surface area contributed by atoms with Crippen LogP contribution in [0.4, 0.5) is 0 Å². The monoisotopic (exact) mass is 226 g/mol. The highest BCUT2D eigenvalue weighted by atomic mass is 16.2. The van der Waals surface area contributed by atoms with Crippen molar-refractivity contribution in [1.29, 1.82) is 0 Å². The standard InChI is InChI=1S/C13H26N2O/c1-10-5-4-6-12(9-10)7-8-15-13(16)11(2)14-3/h10-12,14H,4-9H2,1-3H3,(H,15,16). The molecule has 0 spiro atoms. The fraction of sp³-hybridized carbons (Fsp3) is 0.923. The van der Waals surface area contributed by atoms with Crippen molar-refractivity contribution in [2.24, 2.45) is 11.8 Å². The summed E-state index contributed by atoms with van der Waals surface area (Å²) in [5.41, 5.74) is 0. The van der Waals surface area contributed by atoms with Gasteiger partial charge in [0, 0.05) is 6.54 Å². The van der Waals surface area contributed by atoms with Gasteiger partial charge in [-0.2, -0.15) is 0 Å². The molecule has 0 bridgehead atoms. The molecule has 0 aromatic carbocycles. The number of carbonyl (C=O) groups excluding carboxylic acids is 1. The fourth-order valence-corrected chi connectivity index (χ4v) is 2.51. The van der Waals surface area contributed by atoms with Crippen molar-refractivity contribution in [3.8, 4) is 0 Å². The van der Waals surface area contributed by atoms with E-state index in [2.05, 4.69) is 17.6 Å². The van der Waals surface area contributed by atoms with E-state index in [4.69, 9.17) is 0 Å². The Hall–Kier alpha value is -0.570. The van der Waals surface area contributed by atoms with Gasteiger partial charge in [-0.15, -0.1) is 0 Å². The summed E-state index contributed by atoms with van der Waals surface area (Å²) in [7, 11) is 1.81. The van der Waals surface area contributed by atoms with Crippen LogP contribution in [0.3, 0.4) is 0 Å². The Kier molecular flexibility index (Phi) is 5.81. The Bertz CT molecular complexity index is 218. The number of amides is 1. The van der Waals surface area contributed by atoms with E-state index < -0.39 is 0 Å². The highest BCUT2D eigenvalue weighted by Gasteiger charge is 2.18. The average molecular weight is 226 g/mol. The summed E-state index contributed by atoms with van der Waals surface area (Å²) in [5.74, 6) is 1.82. The molecule has 1 fully saturated rings. The van der Waals surface area contributed by atoms with Crippen LogP contribution in [0.5, 0.6) is 0 Å². The molecule has 3 nitrogen and oxygen atoms in total. The molecule has 0 radical (unpaired) electrons. The first-order valence-corrected chi connectivity index (χ1v) is 6.58. The maximum atomic E-state index is 11.5. The van der Waals surface area contributed by atoms with Crippen LogP contribution in [0.15, 0.2) is 0 Å². The predicted molar refractivity (Wildman–Crippen MR) is 67.3 cm³/mol. The van der Waals surface area contributed by atoms with E-state index in [1.54, 1.807) is 0 Å². The lowest BCUT2D eigenvalue weighted by Crippen LogP contribution is -2.41. The van der Waals surface area contributed by atoms with E-state index in [-0.39, 0.29) is 11.9 Å². The van der Waals surface area contributed by atoms with E-state index in [9.17, 15) is 4.79 Å². The summed E-state index contributed by atoms with van der Waals surface area (Å²) >= 11 is 0. The molecule has 1 aliphatic carbocycles. The van der Waals surface area contributed by atoms with Crippen LogP contribution in [-0.2, 0) is 4.79 Å². The summed E-state index contributed by atoms with van der Waals surface area (Å²) in [6.07, 6.45) is 6.60. The van der Waals surface area contributed by atoms with Crippen LogP contribution in [0.2, 0.25) is 0 Å². The number of nitrogens with one attached hydrogen (secondary N) is 2. The van der Waals surface area contributed by atoms with Gasteiger partial charge in [0.25, 0.3) is 0 Å². The molecular weight excluding hydrogens is 200 g/mol. The van der Waals surface area contributed by atoms with Crippen molar-refractivity contribution in [2.45, 2.75) is 52.0 Å². The Morgan fingerprint density at radius 2 is 2.19 bits per heavy atom. The van der Waals surface area contributed by atoms with E-state index in [1.807, 2.05) is 14.0 Å². The third-order valence-electron chi connectivity index (χ3n) is 3.72. The van der Waals surface area contributed by atoms with Gasteiger partial charge < -0.3 is 10.6 Å². The zero-order valence-corrected chi connectivity index (χ0v) is 10.9. The molecule has 3 unspecified atom stereocenters. The summed E-state index contributed by atoms with van der Waals surface area (Å²) in [5, 5.41) is 5.94. The topological polar surface area (TPSA) is 41.1 Å². The highest BCUT2D eigenvalue weighted by molar-refractivity contribution is 5.81. The van der Waals surface area contributed by atoms with Crippen molar-refractivity contribution < 1.29 is 4.79 Å². The molecule has 0 aromatic rings.